The molecule has 0 aliphatic rings. The van der Waals surface area contributed by atoms with Crippen LogP contribution in [0.25, 0.3) is 0 Å². The van der Waals surface area contributed by atoms with E-state index in [0.717, 1.165) is 5.75 Å². The first kappa shape index (κ1) is 10.5. The van der Waals surface area contributed by atoms with Gasteiger partial charge in [-0.3, -0.25) is 4.79 Å². The van der Waals surface area contributed by atoms with Crippen LogP contribution in [0.1, 0.15) is 18.5 Å². The number of carbonyl (C=O) groups excluding carboxylic acids is 1. The molecule has 14 heavy (non-hydrogen) atoms. The molecule has 0 aliphatic heterocycles. The van der Waals surface area contributed by atoms with Crippen molar-refractivity contribution in [3.05, 3.63) is 29.8 Å². The van der Waals surface area contributed by atoms with Crippen molar-refractivity contribution in [2.45, 2.75) is 13.0 Å². The monoisotopic (exact) mass is 194 g/mol. The molecule has 0 radical (unpaired) electrons. The molecule has 4 heteroatoms. The van der Waals surface area contributed by atoms with Gasteiger partial charge in [-0.2, -0.15) is 0 Å². The van der Waals surface area contributed by atoms with Gasteiger partial charge in [-0.15, -0.1) is 0 Å². The van der Waals surface area contributed by atoms with Crippen LogP contribution in [0, 0.1) is 0 Å². The molecule has 1 amide bonds. The van der Waals surface area contributed by atoms with Crippen molar-refractivity contribution in [2.75, 3.05) is 6.61 Å². The van der Waals surface area contributed by atoms with Crippen LogP contribution < -0.4 is 16.2 Å². The molecule has 1 aromatic carbocycles. The van der Waals surface area contributed by atoms with Crippen LogP contribution in [-0.2, 0) is 4.79 Å². The Balaban J connectivity index is 2.77. The van der Waals surface area contributed by atoms with Crippen LogP contribution >= 0.6 is 0 Å². The fourth-order valence-electron chi connectivity index (χ4n) is 1.10. The Labute approximate surface area is 82.8 Å². The summed E-state index contributed by atoms with van der Waals surface area (Å²) >= 11 is 0. The summed E-state index contributed by atoms with van der Waals surface area (Å²) in [5.74, 6) is 0.224. The van der Waals surface area contributed by atoms with Crippen molar-refractivity contribution >= 4 is 5.91 Å². The van der Waals surface area contributed by atoms with Crippen molar-refractivity contribution < 1.29 is 9.53 Å². The van der Waals surface area contributed by atoms with Gasteiger partial charge in [-0.25, -0.2) is 0 Å². The summed E-state index contributed by atoms with van der Waals surface area (Å²) in [6, 6.07) is 6.26. The molecule has 0 fully saturated rings. The van der Waals surface area contributed by atoms with Crippen molar-refractivity contribution in [1.82, 2.24) is 0 Å². The smallest absolute Gasteiger partial charge is 0.238 e. The van der Waals surface area contributed by atoms with Crippen LogP contribution in [0.15, 0.2) is 24.3 Å². The molecule has 0 saturated heterocycles. The second-order valence-electron chi connectivity index (χ2n) is 2.88. The van der Waals surface area contributed by atoms with E-state index in [2.05, 4.69) is 0 Å². The molecule has 4 N–H and O–H groups in total. The zero-order chi connectivity index (χ0) is 10.6. The summed E-state index contributed by atoms with van der Waals surface area (Å²) in [5, 5.41) is 0. The maximum absolute atomic E-state index is 10.8. The first-order chi connectivity index (χ1) is 6.65. The summed E-state index contributed by atoms with van der Waals surface area (Å²) in [6.45, 7) is 2.52. The average molecular weight is 194 g/mol. The van der Waals surface area contributed by atoms with Gasteiger partial charge in [0, 0.05) is 0 Å². The summed E-state index contributed by atoms with van der Waals surface area (Å²) in [4.78, 5) is 10.8. The van der Waals surface area contributed by atoms with Gasteiger partial charge in [0.1, 0.15) is 11.8 Å². The number of nitrogens with two attached hydrogens (primary N) is 2. The normalized spacial score (nSPS) is 12.1. The molecule has 0 bridgehead atoms. The zero-order valence-electron chi connectivity index (χ0n) is 8.07. The molecule has 4 nitrogen and oxygen atoms in total. The number of carbonyl (C=O) groups is 1. The number of rotatable bonds is 4. The van der Waals surface area contributed by atoms with Gasteiger partial charge in [0.2, 0.25) is 5.91 Å². The Morgan fingerprint density at radius 2 is 2.00 bits per heavy atom. The largest absolute Gasteiger partial charge is 0.494 e. The summed E-state index contributed by atoms with van der Waals surface area (Å²) in [7, 11) is 0. The minimum Gasteiger partial charge on any atom is -0.494 e. The van der Waals surface area contributed by atoms with E-state index in [-0.39, 0.29) is 0 Å². The van der Waals surface area contributed by atoms with Gasteiger partial charge < -0.3 is 16.2 Å². The predicted molar refractivity (Wildman–Crippen MR) is 53.7 cm³/mol. The Morgan fingerprint density at radius 1 is 1.43 bits per heavy atom. The van der Waals surface area contributed by atoms with Gasteiger partial charge >= 0.3 is 0 Å². The summed E-state index contributed by atoms with van der Waals surface area (Å²) in [6.07, 6.45) is 0. The fourth-order valence-corrected chi connectivity index (χ4v) is 1.10. The molecule has 1 aromatic rings. The molecular weight excluding hydrogens is 180 g/mol. The number of amides is 1. The summed E-state index contributed by atoms with van der Waals surface area (Å²) < 4.78 is 5.24. The number of primary amides is 1. The first-order valence-electron chi connectivity index (χ1n) is 4.42. The van der Waals surface area contributed by atoms with Crippen molar-refractivity contribution in [2.24, 2.45) is 11.5 Å². The quantitative estimate of drug-likeness (QED) is 0.735. The van der Waals surface area contributed by atoms with E-state index in [0.29, 0.717) is 12.2 Å². The van der Waals surface area contributed by atoms with E-state index in [9.17, 15) is 4.79 Å². The van der Waals surface area contributed by atoms with E-state index in [4.69, 9.17) is 16.2 Å². The van der Waals surface area contributed by atoms with Gasteiger partial charge in [-0.05, 0) is 24.6 Å². The standard InChI is InChI=1S/C10H14N2O2/c1-2-14-8-5-3-7(4-6-8)9(11)10(12)13/h3-6,9H,2,11H2,1H3,(H2,12,13)/t9-/m0/s1. The molecule has 0 unspecified atom stereocenters. The van der Waals surface area contributed by atoms with Gasteiger partial charge in [0.05, 0.1) is 6.61 Å². The Morgan fingerprint density at radius 3 is 2.43 bits per heavy atom. The highest BCUT2D eigenvalue weighted by molar-refractivity contribution is 5.81. The van der Waals surface area contributed by atoms with E-state index in [1.807, 2.05) is 6.92 Å². The Kier molecular flexibility index (Phi) is 3.48. The van der Waals surface area contributed by atoms with E-state index in [1.165, 1.54) is 0 Å². The van der Waals surface area contributed by atoms with Crippen molar-refractivity contribution in [3.63, 3.8) is 0 Å². The lowest BCUT2D eigenvalue weighted by Crippen LogP contribution is -2.28. The number of hydrogen-bond acceptors (Lipinski definition) is 3. The highest BCUT2D eigenvalue weighted by Gasteiger charge is 2.11. The first-order valence-corrected chi connectivity index (χ1v) is 4.42. The number of ether oxygens (including phenoxy) is 1. The second kappa shape index (κ2) is 4.62. The third kappa shape index (κ3) is 2.47. The molecule has 0 spiro atoms. The van der Waals surface area contributed by atoms with Crippen LogP contribution in [0.4, 0.5) is 0 Å². The van der Waals surface area contributed by atoms with Crippen LogP contribution in [-0.4, -0.2) is 12.5 Å². The minimum atomic E-state index is -0.745. The van der Waals surface area contributed by atoms with E-state index >= 15 is 0 Å². The molecule has 0 aliphatic carbocycles. The summed E-state index contributed by atoms with van der Waals surface area (Å²) in [5.41, 5.74) is 11.3. The Bertz CT molecular complexity index is 308. The third-order valence-electron chi connectivity index (χ3n) is 1.86. The highest BCUT2D eigenvalue weighted by atomic mass is 16.5. The maximum atomic E-state index is 10.8. The lowest BCUT2D eigenvalue weighted by atomic mass is 10.1. The Hall–Kier alpha value is -1.55. The molecule has 1 rings (SSSR count). The van der Waals surface area contributed by atoms with Crippen molar-refractivity contribution in [3.8, 4) is 5.75 Å². The molecule has 1 atom stereocenters. The lowest BCUT2D eigenvalue weighted by molar-refractivity contribution is -0.119. The minimum absolute atomic E-state index is 0.533. The molecule has 0 saturated carbocycles. The van der Waals surface area contributed by atoms with Gasteiger partial charge in [-0.1, -0.05) is 12.1 Å². The predicted octanol–water partition coefficient (Wildman–Crippen LogP) is 0.570. The molecule has 0 aromatic heterocycles. The third-order valence-corrected chi connectivity index (χ3v) is 1.86. The SMILES string of the molecule is CCOc1ccc([C@H](N)C(N)=O)cc1. The zero-order valence-corrected chi connectivity index (χ0v) is 8.07. The average Bonchev–Trinajstić information content (AvgIpc) is 2.18. The van der Waals surface area contributed by atoms with Crippen LogP contribution in [0.5, 0.6) is 5.75 Å². The van der Waals surface area contributed by atoms with Crippen molar-refractivity contribution in [1.29, 1.82) is 0 Å². The van der Waals surface area contributed by atoms with Gasteiger partial charge in [0.15, 0.2) is 0 Å². The topological polar surface area (TPSA) is 78.3 Å². The molecule has 76 valence electrons. The van der Waals surface area contributed by atoms with Crippen LogP contribution in [0.2, 0.25) is 0 Å². The lowest BCUT2D eigenvalue weighted by Gasteiger charge is -2.08. The van der Waals surface area contributed by atoms with Crippen LogP contribution in [0.3, 0.4) is 0 Å². The van der Waals surface area contributed by atoms with Gasteiger partial charge in [0.25, 0.3) is 0 Å². The highest BCUT2D eigenvalue weighted by Crippen LogP contribution is 2.15. The number of hydrogen-bond donors (Lipinski definition) is 2. The van der Waals surface area contributed by atoms with E-state index < -0.39 is 11.9 Å². The molecular formula is C10H14N2O2. The maximum Gasteiger partial charge on any atom is 0.238 e. The second-order valence-corrected chi connectivity index (χ2v) is 2.88. The number of benzene rings is 1. The molecule has 0 heterocycles. The fraction of sp³-hybridized carbons (Fsp3) is 0.300. The van der Waals surface area contributed by atoms with E-state index in [1.54, 1.807) is 24.3 Å².